The van der Waals surface area contributed by atoms with Crippen LogP contribution in [0.4, 0.5) is 17.1 Å². The second-order valence-corrected chi connectivity index (χ2v) is 5.29. The molecule has 2 aromatic rings. The molecule has 0 aliphatic carbocycles. The van der Waals surface area contributed by atoms with Crippen LogP contribution in [-0.2, 0) is 0 Å². The van der Waals surface area contributed by atoms with E-state index in [0.29, 0.717) is 5.92 Å². The Morgan fingerprint density at radius 1 is 1.00 bits per heavy atom. The second-order valence-electron chi connectivity index (χ2n) is 5.29. The van der Waals surface area contributed by atoms with Gasteiger partial charge >= 0.3 is 0 Å². The molecule has 0 amide bonds. The lowest BCUT2D eigenvalue weighted by Crippen LogP contribution is -2.01. The van der Waals surface area contributed by atoms with Gasteiger partial charge in [0.15, 0.2) is 0 Å². The molecule has 2 N–H and O–H groups in total. The fourth-order valence-electron chi connectivity index (χ4n) is 1.99. The molecule has 20 heavy (non-hydrogen) atoms. The standard InChI is InChI=1S/C17H23N3/c1-4-9-19-16-10-17(12-18-11-16)20-15-7-5-14(6-8-15)13(2)3/h5-8,10-13,19-20H,4,9H2,1-3H3. The zero-order valence-corrected chi connectivity index (χ0v) is 12.5. The van der Waals surface area contributed by atoms with Gasteiger partial charge in [-0.25, -0.2) is 0 Å². The van der Waals surface area contributed by atoms with Crippen LogP contribution < -0.4 is 10.6 Å². The number of pyridine rings is 1. The number of benzene rings is 1. The first-order valence-corrected chi connectivity index (χ1v) is 7.25. The molecular formula is C17H23N3. The summed E-state index contributed by atoms with van der Waals surface area (Å²) in [6.07, 6.45) is 4.80. The highest BCUT2D eigenvalue weighted by molar-refractivity contribution is 5.63. The Kier molecular flexibility index (Phi) is 4.99. The Morgan fingerprint density at radius 3 is 2.35 bits per heavy atom. The summed E-state index contributed by atoms with van der Waals surface area (Å²) in [4.78, 5) is 4.25. The summed E-state index contributed by atoms with van der Waals surface area (Å²) in [6, 6.07) is 10.6. The van der Waals surface area contributed by atoms with Crippen molar-refractivity contribution < 1.29 is 0 Å². The fourth-order valence-corrected chi connectivity index (χ4v) is 1.99. The zero-order valence-electron chi connectivity index (χ0n) is 12.5. The van der Waals surface area contributed by atoms with Crippen molar-refractivity contribution in [2.45, 2.75) is 33.1 Å². The van der Waals surface area contributed by atoms with Gasteiger partial charge in [-0.3, -0.25) is 4.98 Å². The van der Waals surface area contributed by atoms with Crippen LogP contribution in [0.5, 0.6) is 0 Å². The summed E-state index contributed by atoms with van der Waals surface area (Å²) in [5.74, 6) is 0.562. The van der Waals surface area contributed by atoms with Gasteiger partial charge in [-0.15, -0.1) is 0 Å². The molecule has 0 fully saturated rings. The Hall–Kier alpha value is -2.03. The van der Waals surface area contributed by atoms with Gasteiger partial charge in [-0.05, 0) is 36.1 Å². The topological polar surface area (TPSA) is 37.0 Å². The summed E-state index contributed by atoms with van der Waals surface area (Å²) < 4.78 is 0. The van der Waals surface area contributed by atoms with Crippen LogP contribution in [0.1, 0.15) is 38.7 Å². The summed E-state index contributed by atoms with van der Waals surface area (Å²) in [6.45, 7) is 7.53. The third kappa shape index (κ3) is 3.98. The van der Waals surface area contributed by atoms with Crippen LogP contribution in [0.2, 0.25) is 0 Å². The molecular weight excluding hydrogens is 246 g/mol. The Morgan fingerprint density at radius 2 is 1.70 bits per heavy atom. The van der Waals surface area contributed by atoms with Gasteiger partial charge in [0.1, 0.15) is 0 Å². The van der Waals surface area contributed by atoms with Crippen LogP contribution in [0, 0.1) is 0 Å². The third-order valence-electron chi connectivity index (χ3n) is 3.18. The zero-order chi connectivity index (χ0) is 14.4. The summed E-state index contributed by atoms with van der Waals surface area (Å²) in [5.41, 5.74) is 4.50. The summed E-state index contributed by atoms with van der Waals surface area (Å²) in [7, 11) is 0. The van der Waals surface area contributed by atoms with E-state index in [1.54, 1.807) is 0 Å². The van der Waals surface area contributed by atoms with Crippen LogP contribution in [0.3, 0.4) is 0 Å². The van der Waals surface area contributed by atoms with Gasteiger partial charge in [-0.1, -0.05) is 32.9 Å². The first-order valence-electron chi connectivity index (χ1n) is 7.25. The summed E-state index contributed by atoms with van der Waals surface area (Å²) in [5, 5.41) is 6.73. The lowest BCUT2D eigenvalue weighted by Gasteiger charge is -2.10. The minimum absolute atomic E-state index is 0.562. The lowest BCUT2D eigenvalue weighted by molar-refractivity contribution is 0.867. The maximum Gasteiger partial charge on any atom is 0.0591 e. The van der Waals surface area contributed by atoms with Gasteiger partial charge in [0.05, 0.1) is 23.8 Å². The van der Waals surface area contributed by atoms with Gasteiger partial charge in [0, 0.05) is 12.2 Å². The van der Waals surface area contributed by atoms with E-state index in [-0.39, 0.29) is 0 Å². The molecule has 0 saturated carbocycles. The molecule has 3 nitrogen and oxygen atoms in total. The first-order chi connectivity index (χ1) is 9.69. The summed E-state index contributed by atoms with van der Waals surface area (Å²) >= 11 is 0. The van der Waals surface area contributed by atoms with Crippen LogP contribution in [0.15, 0.2) is 42.7 Å². The number of hydrogen-bond donors (Lipinski definition) is 2. The van der Waals surface area contributed by atoms with Crippen molar-refractivity contribution in [3.63, 3.8) is 0 Å². The molecule has 1 aromatic heterocycles. The SMILES string of the molecule is CCCNc1cncc(Nc2ccc(C(C)C)cc2)c1. The predicted molar refractivity (Wildman–Crippen MR) is 86.8 cm³/mol. The second kappa shape index (κ2) is 6.94. The lowest BCUT2D eigenvalue weighted by atomic mass is 10.0. The maximum atomic E-state index is 4.25. The smallest absolute Gasteiger partial charge is 0.0591 e. The van der Waals surface area contributed by atoms with Crippen molar-refractivity contribution >= 4 is 17.1 Å². The van der Waals surface area contributed by atoms with E-state index in [1.807, 2.05) is 12.4 Å². The Labute approximate surface area is 121 Å². The van der Waals surface area contributed by atoms with E-state index in [9.17, 15) is 0 Å². The van der Waals surface area contributed by atoms with Crippen molar-refractivity contribution in [2.24, 2.45) is 0 Å². The molecule has 0 saturated heterocycles. The van der Waals surface area contributed by atoms with E-state index < -0.39 is 0 Å². The fraction of sp³-hybridized carbons (Fsp3) is 0.353. The van der Waals surface area contributed by atoms with E-state index >= 15 is 0 Å². The van der Waals surface area contributed by atoms with Gasteiger partial charge < -0.3 is 10.6 Å². The number of anilines is 3. The van der Waals surface area contributed by atoms with E-state index in [0.717, 1.165) is 30.0 Å². The highest BCUT2D eigenvalue weighted by Crippen LogP contribution is 2.21. The van der Waals surface area contributed by atoms with Crippen molar-refractivity contribution in [1.29, 1.82) is 0 Å². The Bertz CT molecular complexity index is 532. The van der Waals surface area contributed by atoms with Crippen molar-refractivity contribution in [3.05, 3.63) is 48.3 Å². The maximum absolute atomic E-state index is 4.25. The molecule has 0 aliphatic rings. The highest BCUT2D eigenvalue weighted by atomic mass is 14.9. The van der Waals surface area contributed by atoms with Crippen molar-refractivity contribution in [1.82, 2.24) is 4.98 Å². The number of aromatic nitrogens is 1. The molecule has 0 radical (unpaired) electrons. The minimum atomic E-state index is 0.562. The number of nitrogens with one attached hydrogen (secondary N) is 2. The average molecular weight is 269 g/mol. The molecule has 2 rings (SSSR count). The predicted octanol–water partition coefficient (Wildman–Crippen LogP) is 4.77. The Balaban J connectivity index is 2.05. The molecule has 1 heterocycles. The molecule has 0 unspecified atom stereocenters. The number of nitrogens with zero attached hydrogens (tertiary/aromatic N) is 1. The first kappa shape index (κ1) is 14.4. The van der Waals surface area contributed by atoms with Crippen LogP contribution in [0.25, 0.3) is 0 Å². The van der Waals surface area contributed by atoms with Gasteiger partial charge in [0.2, 0.25) is 0 Å². The van der Waals surface area contributed by atoms with E-state index in [1.165, 1.54) is 5.56 Å². The molecule has 106 valence electrons. The third-order valence-corrected chi connectivity index (χ3v) is 3.18. The monoisotopic (exact) mass is 269 g/mol. The van der Waals surface area contributed by atoms with Crippen LogP contribution in [-0.4, -0.2) is 11.5 Å². The van der Waals surface area contributed by atoms with Gasteiger partial charge in [-0.2, -0.15) is 0 Å². The average Bonchev–Trinajstić information content (AvgIpc) is 2.46. The van der Waals surface area contributed by atoms with Crippen molar-refractivity contribution in [2.75, 3.05) is 17.2 Å². The van der Waals surface area contributed by atoms with E-state index in [4.69, 9.17) is 0 Å². The minimum Gasteiger partial charge on any atom is -0.384 e. The van der Waals surface area contributed by atoms with Gasteiger partial charge in [0.25, 0.3) is 0 Å². The molecule has 1 aromatic carbocycles. The normalized spacial score (nSPS) is 10.6. The molecule has 0 atom stereocenters. The number of hydrogen-bond acceptors (Lipinski definition) is 3. The largest absolute Gasteiger partial charge is 0.384 e. The van der Waals surface area contributed by atoms with E-state index in [2.05, 4.69) is 66.7 Å². The molecule has 3 heteroatoms. The highest BCUT2D eigenvalue weighted by Gasteiger charge is 2.00. The number of rotatable bonds is 6. The quantitative estimate of drug-likeness (QED) is 0.793. The molecule has 0 bridgehead atoms. The van der Waals surface area contributed by atoms with Crippen LogP contribution >= 0.6 is 0 Å². The molecule has 0 spiro atoms. The molecule has 0 aliphatic heterocycles. The van der Waals surface area contributed by atoms with Crippen molar-refractivity contribution in [3.8, 4) is 0 Å².